The smallest absolute Gasteiger partial charge is 0.0823 e. The van der Waals surface area contributed by atoms with E-state index >= 15 is 0 Å². The summed E-state index contributed by atoms with van der Waals surface area (Å²) >= 11 is 0. The maximum Gasteiger partial charge on any atom is 0.0823 e. The van der Waals surface area contributed by atoms with E-state index in [-0.39, 0.29) is 19.4 Å². The van der Waals surface area contributed by atoms with Gasteiger partial charge in [0.1, 0.15) is 0 Å². The van der Waals surface area contributed by atoms with Gasteiger partial charge in [-0.05, 0) is 33.1 Å². The largest absolute Gasteiger partial charge is 0.396 e. The van der Waals surface area contributed by atoms with Gasteiger partial charge in [-0.2, -0.15) is 0 Å². The van der Waals surface area contributed by atoms with Gasteiger partial charge in [0.15, 0.2) is 0 Å². The van der Waals surface area contributed by atoms with Crippen LogP contribution >= 0.6 is 0 Å². The van der Waals surface area contributed by atoms with Gasteiger partial charge in [-0.25, -0.2) is 0 Å². The van der Waals surface area contributed by atoms with Crippen molar-refractivity contribution in [2.24, 2.45) is 0 Å². The van der Waals surface area contributed by atoms with Crippen molar-refractivity contribution in [3.05, 3.63) is 0 Å². The van der Waals surface area contributed by atoms with Crippen LogP contribution in [0.3, 0.4) is 0 Å². The van der Waals surface area contributed by atoms with Gasteiger partial charge in [0.25, 0.3) is 0 Å². The van der Waals surface area contributed by atoms with E-state index in [0.29, 0.717) is 19.3 Å². The Morgan fingerprint density at radius 2 is 1.59 bits per heavy atom. The number of aliphatic hydroxyl groups is 5. The summed E-state index contributed by atoms with van der Waals surface area (Å²) in [6, 6.07) is 0. The summed E-state index contributed by atoms with van der Waals surface area (Å²) in [5.74, 6) is 0. The fourth-order valence-electron chi connectivity index (χ4n) is 1.75. The van der Waals surface area contributed by atoms with E-state index in [1.54, 1.807) is 13.8 Å². The number of aliphatic hydroxyl groups excluding tert-OH is 4. The predicted molar refractivity (Wildman–Crippen MR) is 64.5 cm³/mol. The summed E-state index contributed by atoms with van der Waals surface area (Å²) in [5, 5.41) is 46.9. The molecule has 0 aromatic heterocycles. The van der Waals surface area contributed by atoms with Crippen LogP contribution in [-0.2, 0) is 0 Å². The van der Waals surface area contributed by atoms with Crippen molar-refractivity contribution in [2.75, 3.05) is 6.61 Å². The SMILES string of the molecule is CC(C)(O)CC(O)CC(O)C(O)CCCCO. The van der Waals surface area contributed by atoms with Crippen LogP contribution in [0.5, 0.6) is 0 Å². The molecule has 104 valence electrons. The molecular formula is C12H26O5. The number of unbranched alkanes of at least 4 members (excludes halogenated alkanes) is 1. The molecule has 0 aromatic rings. The lowest BCUT2D eigenvalue weighted by Crippen LogP contribution is -2.33. The van der Waals surface area contributed by atoms with Gasteiger partial charge in [0.05, 0.1) is 23.9 Å². The fraction of sp³-hybridized carbons (Fsp3) is 1.00. The second kappa shape index (κ2) is 8.00. The Kier molecular flexibility index (Phi) is 7.91. The number of rotatable bonds is 9. The van der Waals surface area contributed by atoms with Gasteiger partial charge >= 0.3 is 0 Å². The molecule has 17 heavy (non-hydrogen) atoms. The molecule has 5 heteroatoms. The van der Waals surface area contributed by atoms with E-state index < -0.39 is 23.9 Å². The third-order valence-corrected chi connectivity index (χ3v) is 2.60. The predicted octanol–water partition coefficient (Wildman–Crippen LogP) is -0.217. The highest BCUT2D eigenvalue weighted by Crippen LogP contribution is 2.16. The molecule has 0 saturated carbocycles. The Balaban J connectivity index is 3.86. The average molecular weight is 250 g/mol. The highest BCUT2D eigenvalue weighted by Gasteiger charge is 2.24. The maximum atomic E-state index is 9.63. The lowest BCUT2D eigenvalue weighted by Gasteiger charge is -2.25. The van der Waals surface area contributed by atoms with Gasteiger partial charge in [-0.15, -0.1) is 0 Å². The minimum atomic E-state index is -0.994. The normalized spacial score (nSPS) is 17.8. The molecule has 3 atom stereocenters. The van der Waals surface area contributed by atoms with E-state index in [0.717, 1.165) is 0 Å². The minimum absolute atomic E-state index is 0.0459. The van der Waals surface area contributed by atoms with E-state index in [2.05, 4.69) is 0 Å². The second-order valence-electron chi connectivity index (χ2n) is 5.26. The first kappa shape index (κ1) is 16.8. The van der Waals surface area contributed by atoms with Crippen LogP contribution in [-0.4, -0.2) is 56.1 Å². The highest BCUT2D eigenvalue weighted by atomic mass is 16.3. The Bertz CT molecular complexity index is 190. The lowest BCUT2D eigenvalue weighted by molar-refractivity contribution is -0.0385. The van der Waals surface area contributed by atoms with Crippen LogP contribution in [0.1, 0.15) is 46.0 Å². The molecule has 0 spiro atoms. The summed E-state index contributed by atoms with van der Waals surface area (Å²) in [6.07, 6.45) is -0.886. The zero-order chi connectivity index (χ0) is 13.5. The Hall–Kier alpha value is -0.200. The minimum Gasteiger partial charge on any atom is -0.396 e. The molecule has 0 aliphatic rings. The van der Waals surface area contributed by atoms with Crippen molar-refractivity contribution in [3.8, 4) is 0 Å². The third-order valence-electron chi connectivity index (χ3n) is 2.60. The van der Waals surface area contributed by atoms with E-state index in [4.69, 9.17) is 5.11 Å². The zero-order valence-electron chi connectivity index (χ0n) is 10.7. The van der Waals surface area contributed by atoms with Crippen molar-refractivity contribution < 1.29 is 25.5 Å². The summed E-state index contributed by atoms with van der Waals surface area (Å²) in [4.78, 5) is 0. The van der Waals surface area contributed by atoms with E-state index in [1.807, 2.05) is 0 Å². The monoisotopic (exact) mass is 250 g/mol. The zero-order valence-corrected chi connectivity index (χ0v) is 10.7. The fourth-order valence-corrected chi connectivity index (χ4v) is 1.75. The third kappa shape index (κ3) is 9.50. The molecule has 0 rings (SSSR count). The molecule has 0 saturated heterocycles. The van der Waals surface area contributed by atoms with Gasteiger partial charge in [-0.3, -0.25) is 0 Å². The van der Waals surface area contributed by atoms with Crippen molar-refractivity contribution in [3.63, 3.8) is 0 Å². The topological polar surface area (TPSA) is 101 Å². The van der Waals surface area contributed by atoms with Crippen molar-refractivity contribution >= 4 is 0 Å². The standard InChI is InChI=1S/C12H26O5/c1-12(2,17)8-9(14)7-11(16)10(15)5-3-4-6-13/h9-11,13-17H,3-8H2,1-2H3. The molecule has 0 heterocycles. The summed E-state index contributed by atoms with van der Waals surface area (Å²) in [7, 11) is 0. The average Bonchev–Trinajstić information content (AvgIpc) is 2.14. The molecule has 0 bridgehead atoms. The highest BCUT2D eigenvalue weighted by molar-refractivity contribution is 4.76. The molecule has 3 unspecified atom stereocenters. The van der Waals surface area contributed by atoms with Crippen LogP contribution in [0.15, 0.2) is 0 Å². The molecule has 0 aromatic carbocycles. The molecule has 0 aliphatic carbocycles. The van der Waals surface area contributed by atoms with Crippen LogP contribution in [0.25, 0.3) is 0 Å². The Morgan fingerprint density at radius 1 is 1.00 bits per heavy atom. The van der Waals surface area contributed by atoms with Crippen LogP contribution in [0, 0.1) is 0 Å². The first-order chi connectivity index (χ1) is 7.76. The molecule has 5 nitrogen and oxygen atoms in total. The lowest BCUT2D eigenvalue weighted by atomic mass is 9.94. The summed E-state index contributed by atoms with van der Waals surface area (Å²) in [6.45, 7) is 3.24. The molecular weight excluding hydrogens is 224 g/mol. The summed E-state index contributed by atoms with van der Waals surface area (Å²) in [5.41, 5.74) is -0.985. The second-order valence-corrected chi connectivity index (χ2v) is 5.26. The van der Waals surface area contributed by atoms with E-state index in [9.17, 15) is 20.4 Å². The van der Waals surface area contributed by atoms with Gasteiger partial charge in [0, 0.05) is 19.4 Å². The number of hydrogen-bond acceptors (Lipinski definition) is 5. The summed E-state index contributed by atoms with van der Waals surface area (Å²) < 4.78 is 0. The van der Waals surface area contributed by atoms with Crippen molar-refractivity contribution in [1.29, 1.82) is 0 Å². The Labute approximate surface area is 103 Å². The first-order valence-electron chi connectivity index (χ1n) is 6.13. The van der Waals surface area contributed by atoms with Crippen molar-refractivity contribution in [1.82, 2.24) is 0 Å². The molecule has 0 aliphatic heterocycles. The van der Waals surface area contributed by atoms with Gasteiger partial charge in [0.2, 0.25) is 0 Å². The Morgan fingerprint density at radius 3 is 2.06 bits per heavy atom. The van der Waals surface area contributed by atoms with E-state index in [1.165, 1.54) is 0 Å². The van der Waals surface area contributed by atoms with Crippen molar-refractivity contribution in [2.45, 2.75) is 69.9 Å². The van der Waals surface area contributed by atoms with Crippen LogP contribution < -0.4 is 0 Å². The molecule has 0 amide bonds. The maximum absolute atomic E-state index is 9.63. The first-order valence-corrected chi connectivity index (χ1v) is 6.13. The quantitative estimate of drug-likeness (QED) is 0.364. The number of hydrogen-bond donors (Lipinski definition) is 5. The molecule has 0 radical (unpaired) electrons. The van der Waals surface area contributed by atoms with Crippen LogP contribution in [0.2, 0.25) is 0 Å². The van der Waals surface area contributed by atoms with Crippen LogP contribution in [0.4, 0.5) is 0 Å². The molecule has 0 fully saturated rings. The van der Waals surface area contributed by atoms with Gasteiger partial charge < -0.3 is 25.5 Å². The molecule has 5 N–H and O–H groups in total. The van der Waals surface area contributed by atoms with Gasteiger partial charge in [-0.1, -0.05) is 0 Å².